The predicted octanol–water partition coefficient (Wildman–Crippen LogP) is 4.65. The van der Waals surface area contributed by atoms with Crippen molar-refractivity contribution in [3.63, 3.8) is 0 Å². The summed E-state index contributed by atoms with van der Waals surface area (Å²) >= 11 is 5.71. The van der Waals surface area contributed by atoms with Crippen molar-refractivity contribution in [3.05, 3.63) is 22.8 Å². The molecular weight excluding hydrogens is 362 g/mol. The number of rotatable bonds is 3. The number of anilines is 1. The van der Waals surface area contributed by atoms with Crippen LogP contribution in [0.5, 0.6) is 0 Å². The normalized spacial score (nSPS) is 25.6. The standard InChI is InChI=1S/C14H15ClF6N2O/c15-10-4-9(14(19,20)21)6-22-11(10)23-7-12(24)3-1-2-8(5-12)13(16,17)18/h4,6,8,24H,1-3,5,7H2,(H,22,23). The van der Waals surface area contributed by atoms with Crippen LogP contribution in [0, 0.1) is 5.92 Å². The number of aromatic nitrogens is 1. The Kier molecular flexibility index (Phi) is 5.25. The number of nitrogens with one attached hydrogen (secondary N) is 1. The average Bonchev–Trinajstić information content (AvgIpc) is 2.44. The molecule has 1 aliphatic rings. The number of pyridine rings is 1. The largest absolute Gasteiger partial charge is 0.417 e. The highest BCUT2D eigenvalue weighted by molar-refractivity contribution is 6.32. The van der Waals surface area contributed by atoms with Gasteiger partial charge in [-0.3, -0.25) is 0 Å². The molecule has 0 aliphatic heterocycles. The van der Waals surface area contributed by atoms with E-state index in [1.54, 1.807) is 0 Å². The van der Waals surface area contributed by atoms with Gasteiger partial charge in [0.2, 0.25) is 0 Å². The highest BCUT2D eigenvalue weighted by Crippen LogP contribution is 2.42. The van der Waals surface area contributed by atoms with Gasteiger partial charge in [0.15, 0.2) is 0 Å². The molecular formula is C14H15ClF6N2O. The highest BCUT2D eigenvalue weighted by atomic mass is 35.5. The van der Waals surface area contributed by atoms with Gasteiger partial charge in [0.25, 0.3) is 0 Å². The third kappa shape index (κ3) is 4.66. The number of aliphatic hydroxyl groups is 1. The van der Waals surface area contributed by atoms with Crippen LogP contribution >= 0.6 is 11.6 Å². The van der Waals surface area contributed by atoms with Gasteiger partial charge in [-0.05, 0) is 31.7 Å². The first-order chi connectivity index (χ1) is 10.9. The molecule has 3 nitrogen and oxygen atoms in total. The first-order valence-corrected chi connectivity index (χ1v) is 7.54. The van der Waals surface area contributed by atoms with Crippen molar-refractivity contribution >= 4 is 17.4 Å². The molecule has 0 radical (unpaired) electrons. The molecule has 1 saturated carbocycles. The summed E-state index contributed by atoms with van der Waals surface area (Å²) in [5.41, 5.74) is -2.65. The molecule has 0 bridgehead atoms. The quantitative estimate of drug-likeness (QED) is 0.755. The highest BCUT2D eigenvalue weighted by Gasteiger charge is 2.47. The maximum absolute atomic E-state index is 12.8. The first kappa shape index (κ1) is 19.1. The van der Waals surface area contributed by atoms with Crippen LogP contribution in [-0.2, 0) is 6.18 Å². The first-order valence-electron chi connectivity index (χ1n) is 7.16. The Balaban J connectivity index is 2.05. The summed E-state index contributed by atoms with van der Waals surface area (Å²) in [5.74, 6) is -1.72. The second-order valence-electron chi connectivity index (χ2n) is 5.96. The summed E-state index contributed by atoms with van der Waals surface area (Å²) < 4.78 is 76.0. The molecule has 1 aromatic rings. The van der Waals surface area contributed by atoms with Gasteiger partial charge >= 0.3 is 12.4 Å². The fourth-order valence-corrected chi connectivity index (χ4v) is 2.98. The molecule has 136 valence electrons. The topological polar surface area (TPSA) is 45.1 Å². The Morgan fingerprint density at radius 3 is 2.50 bits per heavy atom. The van der Waals surface area contributed by atoms with Crippen LogP contribution in [-0.4, -0.2) is 28.4 Å². The van der Waals surface area contributed by atoms with E-state index in [0.29, 0.717) is 12.3 Å². The zero-order chi connectivity index (χ0) is 18.2. The summed E-state index contributed by atoms with van der Waals surface area (Å²) in [6, 6.07) is 0.667. The van der Waals surface area contributed by atoms with Gasteiger partial charge in [0.05, 0.1) is 22.1 Å². The maximum Gasteiger partial charge on any atom is 0.417 e. The summed E-state index contributed by atoms with van der Waals surface area (Å²) in [6.45, 7) is -0.280. The lowest BCUT2D eigenvalue weighted by molar-refractivity contribution is -0.199. The fourth-order valence-electron chi connectivity index (χ4n) is 2.75. The van der Waals surface area contributed by atoms with Gasteiger partial charge < -0.3 is 10.4 Å². The molecule has 0 amide bonds. The molecule has 1 aromatic heterocycles. The van der Waals surface area contributed by atoms with E-state index >= 15 is 0 Å². The van der Waals surface area contributed by atoms with Gasteiger partial charge in [-0.15, -0.1) is 0 Å². The van der Waals surface area contributed by atoms with Gasteiger partial charge in [0.1, 0.15) is 5.82 Å². The van der Waals surface area contributed by atoms with E-state index in [1.165, 1.54) is 0 Å². The van der Waals surface area contributed by atoms with E-state index < -0.39 is 35.9 Å². The molecule has 1 aliphatic carbocycles. The average molecular weight is 377 g/mol. The summed E-state index contributed by atoms with van der Waals surface area (Å²) in [5, 5.41) is 12.6. The lowest BCUT2D eigenvalue weighted by Crippen LogP contribution is -2.45. The Morgan fingerprint density at radius 2 is 1.96 bits per heavy atom. The molecule has 2 N–H and O–H groups in total. The second kappa shape index (κ2) is 6.59. The minimum atomic E-state index is -4.60. The van der Waals surface area contributed by atoms with Crippen LogP contribution in [0.15, 0.2) is 12.3 Å². The van der Waals surface area contributed by atoms with Crippen molar-refractivity contribution in [1.29, 1.82) is 0 Å². The van der Waals surface area contributed by atoms with E-state index in [2.05, 4.69) is 10.3 Å². The van der Waals surface area contributed by atoms with E-state index in [1.807, 2.05) is 0 Å². The van der Waals surface area contributed by atoms with Gasteiger partial charge in [-0.2, -0.15) is 26.3 Å². The number of nitrogens with zero attached hydrogens (tertiary/aromatic N) is 1. The Morgan fingerprint density at radius 1 is 1.29 bits per heavy atom. The SMILES string of the molecule is OC1(CNc2ncc(C(F)(F)F)cc2Cl)CCCC(C(F)(F)F)C1. The maximum atomic E-state index is 12.8. The number of alkyl halides is 6. The van der Waals surface area contributed by atoms with Gasteiger partial charge in [0, 0.05) is 12.7 Å². The van der Waals surface area contributed by atoms with Crippen molar-refractivity contribution in [1.82, 2.24) is 4.98 Å². The molecule has 2 unspecified atom stereocenters. The van der Waals surface area contributed by atoms with Crippen molar-refractivity contribution in [2.24, 2.45) is 5.92 Å². The Bertz CT molecular complexity index is 592. The monoisotopic (exact) mass is 376 g/mol. The number of halogens is 7. The predicted molar refractivity (Wildman–Crippen MR) is 75.7 cm³/mol. The van der Waals surface area contributed by atoms with Crippen molar-refractivity contribution in [3.8, 4) is 0 Å². The molecule has 1 fully saturated rings. The summed E-state index contributed by atoms with van der Waals surface area (Å²) in [4.78, 5) is 3.53. The van der Waals surface area contributed by atoms with Crippen LogP contribution in [0.1, 0.15) is 31.2 Å². The zero-order valence-electron chi connectivity index (χ0n) is 12.3. The third-order valence-corrected chi connectivity index (χ3v) is 4.33. The third-order valence-electron chi connectivity index (χ3n) is 4.04. The Labute approximate surface area is 139 Å². The van der Waals surface area contributed by atoms with E-state index in [4.69, 9.17) is 11.6 Å². The lowest BCUT2D eigenvalue weighted by atomic mass is 9.77. The minimum absolute atomic E-state index is 0.0505. The number of hydrogen-bond acceptors (Lipinski definition) is 3. The summed E-state index contributed by atoms with van der Waals surface area (Å²) in [7, 11) is 0. The molecule has 10 heteroatoms. The Hall–Kier alpha value is -1.22. The smallest absolute Gasteiger partial charge is 0.388 e. The van der Waals surface area contributed by atoms with Gasteiger partial charge in [-0.1, -0.05) is 11.6 Å². The number of hydrogen-bond donors (Lipinski definition) is 2. The van der Waals surface area contributed by atoms with Crippen LogP contribution < -0.4 is 5.32 Å². The van der Waals surface area contributed by atoms with E-state index in [9.17, 15) is 31.4 Å². The minimum Gasteiger partial charge on any atom is -0.388 e. The summed E-state index contributed by atoms with van der Waals surface area (Å²) in [6.07, 6.45) is -8.58. The van der Waals surface area contributed by atoms with Crippen LogP contribution in [0.4, 0.5) is 32.2 Å². The zero-order valence-corrected chi connectivity index (χ0v) is 13.1. The molecule has 2 rings (SSSR count). The fraction of sp³-hybridized carbons (Fsp3) is 0.643. The van der Waals surface area contributed by atoms with E-state index in [-0.39, 0.29) is 36.6 Å². The van der Waals surface area contributed by atoms with Crippen molar-refractivity contribution in [2.45, 2.75) is 43.6 Å². The van der Waals surface area contributed by atoms with Crippen LogP contribution in [0.3, 0.4) is 0 Å². The lowest BCUT2D eigenvalue weighted by Gasteiger charge is -2.37. The molecule has 0 spiro atoms. The van der Waals surface area contributed by atoms with Crippen LogP contribution in [0.2, 0.25) is 5.02 Å². The molecule has 0 aromatic carbocycles. The van der Waals surface area contributed by atoms with E-state index in [0.717, 1.165) is 0 Å². The van der Waals surface area contributed by atoms with Crippen LogP contribution in [0.25, 0.3) is 0 Å². The van der Waals surface area contributed by atoms with Gasteiger partial charge in [-0.25, -0.2) is 4.98 Å². The molecule has 0 saturated heterocycles. The molecule has 1 heterocycles. The molecule has 2 atom stereocenters. The second-order valence-corrected chi connectivity index (χ2v) is 6.37. The van der Waals surface area contributed by atoms with Crippen molar-refractivity contribution in [2.75, 3.05) is 11.9 Å². The molecule has 24 heavy (non-hydrogen) atoms. The van der Waals surface area contributed by atoms with Crippen molar-refractivity contribution < 1.29 is 31.4 Å².